The van der Waals surface area contributed by atoms with E-state index in [1.54, 1.807) is 12.3 Å². The van der Waals surface area contributed by atoms with Crippen LogP contribution in [0.25, 0.3) is 10.9 Å². The predicted octanol–water partition coefficient (Wildman–Crippen LogP) is 1.05. The quantitative estimate of drug-likeness (QED) is 0.410. The molecule has 1 amide bonds. The Morgan fingerprint density at radius 1 is 1.35 bits per heavy atom. The Hall–Kier alpha value is -1.46. The molecule has 1 saturated heterocycles. The molecular formula is C13H15ClIN7O. The Kier molecular flexibility index (Phi) is 4.97. The zero-order chi connectivity index (χ0) is 16.4. The number of rotatable bonds is 4. The summed E-state index contributed by atoms with van der Waals surface area (Å²) in [5.41, 5.74) is 5.88. The molecule has 10 heteroatoms. The highest BCUT2D eigenvalue weighted by atomic mass is 127. The third kappa shape index (κ3) is 3.90. The summed E-state index contributed by atoms with van der Waals surface area (Å²) in [5.74, 6) is 0.681. The molecule has 1 aliphatic heterocycles. The minimum Gasteiger partial charge on any atom is -0.368 e. The molecule has 23 heavy (non-hydrogen) atoms. The number of amides is 1. The number of fused-ring (bicyclic) bond motifs is 1. The fourth-order valence-electron chi connectivity index (χ4n) is 2.32. The fraction of sp³-hybridized carbons (Fsp3) is 0.385. The van der Waals surface area contributed by atoms with Crippen molar-refractivity contribution < 1.29 is 4.79 Å². The van der Waals surface area contributed by atoms with Crippen molar-refractivity contribution in [3.63, 3.8) is 0 Å². The second-order valence-electron chi connectivity index (χ2n) is 5.11. The Labute approximate surface area is 151 Å². The number of anilines is 2. The van der Waals surface area contributed by atoms with Gasteiger partial charge >= 0.3 is 0 Å². The van der Waals surface area contributed by atoms with E-state index in [0.29, 0.717) is 27.8 Å². The maximum atomic E-state index is 11.1. The molecule has 2 aromatic heterocycles. The molecule has 3 N–H and O–H groups in total. The minimum atomic E-state index is -0.461. The molecule has 0 aromatic carbocycles. The Bertz CT molecular complexity index is 736. The van der Waals surface area contributed by atoms with Gasteiger partial charge in [-0.15, -0.1) is 0 Å². The van der Waals surface area contributed by atoms with Crippen molar-refractivity contribution in [2.24, 2.45) is 5.73 Å². The lowest BCUT2D eigenvalue weighted by molar-refractivity contribution is -0.116. The van der Waals surface area contributed by atoms with Gasteiger partial charge in [-0.05, 0) is 6.07 Å². The van der Waals surface area contributed by atoms with Crippen LogP contribution in [0.3, 0.4) is 0 Å². The number of piperazine rings is 1. The summed E-state index contributed by atoms with van der Waals surface area (Å²) in [7, 11) is 0. The smallest absolute Gasteiger partial charge is 0.236 e. The first kappa shape index (κ1) is 16.4. The average Bonchev–Trinajstić information content (AvgIpc) is 2.53. The van der Waals surface area contributed by atoms with Crippen LogP contribution in [0.15, 0.2) is 12.3 Å². The number of carbonyl (C=O) groups excluding carboxylic acids is 1. The molecule has 0 bridgehead atoms. The number of carbonyl (C=O) groups is 1. The number of hydrogen-bond acceptors (Lipinski definition) is 7. The largest absolute Gasteiger partial charge is 0.368 e. The first-order valence-electron chi connectivity index (χ1n) is 7.04. The Balaban J connectivity index is 1.99. The number of primary amides is 1. The van der Waals surface area contributed by atoms with Gasteiger partial charge in [0.15, 0.2) is 0 Å². The van der Waals surface area contributed by atoms with Crippen LogP contribution < -0.4 is 16.0 Å². The Morgan fingerprint density at radius 3 is 2.78 bits per heavy atom. The van der Waals surface area contributed by atoms with Gasteiger partial charge in [-0.2, -0.15) is 4.98 Å². The van der Waals surface area contributed by atoms with Gasteiger partial charge < -0.3 is 16.0 Å². The van der Waals surface area contributed by atoms with E-state index in [1.807, 2.05) is 0 Å². The Morgan fingerprint density at radius 2 is 2.09 bits per heavy atom. The molecule has 122 valence electrons. The van der Waals surface area contributed by atoms with Crippen molar-refractivity contribution in [1.82, 2.24) is 18.1 Å². The van der Waals surface area contributed by atoms with Gasteiger partial charge in [0.2, 0.25) is 11.9 Å². The van der Waals surface area contributed by atoms with E-state index in [0.717, 1.165) is 26.2 Å². The molecule has 0 spiro atoms. The van der Waals surface area contributed by atoms with Crippen LogP contribution in [0.1, 0.15) is 0 Å². The molecule has 3 heterocycles. The third-order valence-corrected chi connectivity index (χ3v) is 4.65. The topological polar surface area (TPSA) is 100 Å². The lowest BCUT2D eigenvalue weighted by Crippen LogP contribution is -2.43. The number of nitrogens with zero attached hydrogens (tertiary/aromatic N) is 5. The summed E-state index contributed by atoms with van der Waals surface area (Å²) in [5, 5.41) is 4.00. The number of halogens is 2. The molecule has 0 unspecified atom stereocenters. The second kappa shape index (κ2) is 6.97. The van der Waals surface area contributed by atoms with Crippen molar-refractivity contribution in [3.8, 4) is 0 Å². The van der Waals surface area contributed by atoms with E-state index in [-0.39, 0.29) is 6.54 Å². The summed E-state index contributed by atoms with van der Waals surface area (Å²) < 4.78 is 2.23. The van der Waals surface area contributed by atoms with Gasteiger partial charge in [-0.3, -0.25) is 4.79 Å². The van der Waals surface area contributed by atoms with Gasteiger partial charge in [0.05, 0.1) is 18.3 Å². The maximum absolute atomic E-state index is 11.1. The van der Waals surface area contributed by atoms with Gasteiger partial charge in [0, 0.05) is 54.4 Å². The maximum Gasteiger partial charge on any atom is 0.236 e. The van der Waals surface area contributed by atoms with Gasteiger partial charge in [-0.1, -0.05) is 11.6 Å². The number of nitrogens with one attached hydrogen (secondary N) is 1. The zero-order valence-corrected chi connectivity index (χ0v) is 15.1. The third-order valence-electron chi connectivity index (χ3n) is 3.47. The van der Waals surface area contributed by atoms with Crippen molar-refractivity contribution in [1.29, 1.82) is 0 Å². The van der Waals surface area contributed by atoms with E-state index in [4.69, 9.17) is 17.3 Å². The number of aromatic nitrogens is 3. The first-order valence-corrected chi connectivity index (χ1v) is 8.38. The summed E-state index contributed by atoms with van der Waals surface area (Å²) >= 11 is 8.26. The summed E-state index contributed by atoms with van der Waals surface area (Å²) in [6.45, 7) is 3.54. The van der Waals surface area contributed by atoms with Crippen molar-refractivity contribution in [2.45, 2.75) is 0 Å². The second-order valence-corrected chi connectivity index (χ2v) is 6.86. The summed E-state index contributed by atoms with van der Waals surface area (Å²) in [4.78, 5) is 26.4. The molecule has 0 saturated carbocycles. The summed E-state index contributed by atoms with van der Waals surface area (Å²) in [6.07, 6.45) is 1.60. The molecule has 8 nitrogen and oxygen atoms in total. The SMILES string of the molecule is NC(=O)CNc1nc(N2CCN(I)CC2)nc2cnc(Cl)cc12. The monoisotopic (exact) mass is 447 g/mol. The van der Waals surface area contributed by atoms with Crippen LogP contribution in [-0.4, -0.2) is 56.7 Å². The predicted molar refractivity (Wildman–Crippen MR) is 97.8 cm³/mol. The van der Waals surface area contributed by atoms with E-state index in [1.165, 1.54) is 0 Å². The van der Waals surface area contributed by atoms with Crippen LogP contribution in [0.4, 0.5) is 11.8 Å². The standard InChI is InChI=1S/C13H15ClIN7O/c14-10-5-8-9(6-17-10)19-13(20-12(8)18-7-11(16)23)21-1-3-22(15)4-2-21/h5-6H,1-4,7H2,(H2,16,23)(H,18,19,20). The van der Waals surface area contributed by atoms with Gasteiger partial charge in [0.25, 0.3) is 0 Å². The normalized spacial score (nSPS) is 15.8. The molecule has 0 atom stereocenters. The van der Waals surface area contributed by atoms with Crippen LogP contribution in [-0.2, 0) is 4.79 Å². The lowest BCUT2D eigenvalue weighted by Gasteiger charge is -2.31. The van der Waals surface area contributed by atoms with E-state index in [2.05, 4.69) is 51.1 Å². The van der Waals surface area contributed by atoms with E-state index >= 15 is 0 Å². The number of pyridine rings is 1. The fourth-order valence-corrected chi connectivity index (χ4v) is 2.91. The lowest BCUT2D eigenvalue weighted by atomic mass is 10.3. The summed E-state index contributed by atoms with van der Waals surface area (Å²) in [6, 6.07) is 1.67. The van der Waals surface area contributed by atoms with Crippen molar-refractivity contribution >= 4 is 63.0 Å². The molecule has 1 fully saturated rings. The molecule has 1 aliphatic rings. The molecule has 0 aliphatic carbocycles. The average molecular weight is 448 g/mol. The molecule has 3 rings (SSSR count). The van der Waals surface area contributed by atoms with Crippen LogP contribution in [0.5, 0.6) is 0 Å². The van der Waals surface area contributed by atoms with E-state index < -0.39 is 5.91 Å². The van der Waals surface area contributed by atoms with Crippen molar-refractivity contribution in [2.75, 3.05) is 42.9 Å². The van der Waals surface area contributed by atoms with Crippen LogP contribution >= 0.6 is 34.5 Å². The number of hydrogen-bond donors (Lipinski definition) is 2. The van der Waals surface area contributed by atoms with Gasteiger partial charge in [-0.25, -0.2) is 13.1 Å². The number of nitrogens with two attached hydrogens (primary N) is 1. The van der Waals surface area contributed by atoms with Crippen molar-refractivity contribution in [3.05, 3.63) is 17.4 Å². The molecule has 0 radical (unpaired) electrons. The highest BCUT2D eigenvalue weighted by molar-refractivity contribution is 14.1. The van der Waals surface area contributed by atoms with Crippen LogP contribution in [0, 0.1) is 0 Å². The first-order chi connectivity index (χ1) is 11.0. The zero-order valence-electron chi connectivity index (χ0n) is 12.2. The minimum absolute atomic E-state index is 0.00692. The molecule has 2 aromatic rings. The van der Waals surface area contributed by atoms with Gasteiger partial charge in [0.1, 0.15) is 11.0 Å². The highest BCUT2D eigenvalue weighted by Gasteiger charge is 2.19. The highest BCUT2D eigenvalue weighted by Crippen LogP contribution is 2.25. The van der Waals surface area contributed by atoms with E-state index in [9.17, 15) is 4.79 Å². The molecular weight excluding hydrogens is 433 g/mol. The van der Waals surface area contributed by atoms with Crippen LogP contribution in [0.2, 0.25) is 5.15 Å².